The highest BCUT2D eigenvalue weighted by Gasteiger charge is 2.47. The molecule has 1 amide bonds. The first-order chi connectivity index (χ1) is 17.0. The molecule has 3 fully saturated rings. The van der Waals surface area contributed by atoms with Crippen molar-refractivity contribution in [1.29, 1.82) is 10.8 Å². The lowest BCUT2D eigenvalue weighted by atomic mass is 9.93. The Morgan fingerprint density at radius 2 is 1.91 bits per heavy atom. The fourth-order valence-electron chi connectivity index (χ4n) is 4.85. The first-order valence-corrected chi connectivity index (χ1v) is 11.8. The molecule has 0 bridgehead atoms. The first kappa shape index (κ1) is 23.3. The third-order valence-electron chi connectivity index (χ3n) is 6.97. The number of methoxy groups -OCH3 is 1. The average molecular weight is 479 g/mol. The molecule has 0 unspecified atom stereocenters. The van der Waals surface area contributed by atoms with Gasteiger partial charge in [0.15, 0.2) is 0 Å². The quantitative estimate of drug-likeness (QED) is 0.488. The number of rotatable bonds is 6. The van der Waals surface area contributed by atoms with Gasteiger partial charge in [0, 0.05) is 23.7 Å². The summed E-state index contributed by atoms with van der Waals surface area (Å²) in [5.41, 5.74) is 1.82. The Balaban J connectivity index is 1.12. The van der Waals surface area contributed by atoms with E-state index < -0.39 is 11.8 Å². The Hall–Kier alpha value is -3.43. The number of ether oxygens (including phenoxy) is 4. The second-order valence-electron chi connectivity index (χ2n) is 9.29. The summed E-state index contributed by atoms with van der Waals surface area (Å²) in [7, 11) is 1.66. The molecular weight excluding hydrogens is 448 g/mol. The molecule has 2 aromatic carbocycles. The van der Waals surface area contributed by atoms with E-state index in [0.717, 1.165) is 37.6 Å². The van der Waals surface area contributed by atoms with Crippen molar-refractivity contribution in [3.8, 4) is 11.5 Å². The first-order valence-electron chi connectivity index (χ1n) is 11.8. The molecule has 0 radical (unpaired) electrons. The molecular formula is C26H30N4O5. The van der Waals surface area contributed by atoms with Crippen LogP contribution in [0.5, 0.6) is 11.5 Å². The van der Waals surface area contributed by atoms with Crippen molar-refractivity contribution in [3.05, 3.63) is 59.7 Å². The van der Waals surface area contributed by atoms with Crippen molar-refractivity contribution in [2.75, 3.05) is 40.0 Å². The van der Waals surface area contributed by atoms with Gasteiger partial charge in [0.05, 0.1) is 39.0 Å². The Bertz CT molecular complexity index is 1110. The molecule has 5 rings (SSSR count). The van der Waals surface area contributed by atoms with Crippen molar-refractivity contribution in [3.63, 3.8) is 0 Å². The van der Waals surface area contributed by atoms with Gasteiger partial charge < -0.3 is 23.8 Å². The maximum Gasteiger partial charge on any atom is 0.309 e. The Labute approximate surface area is 204 Å². The van der Waals surface area contributed by atoms with Gasteiger partial charge in [0.25, 0.3) is 5.90 Å². The van der Waals surface area contributed by atoms with Crippen molar-refractivity contribution < 1.29 is 23.7 Å². The summed E-state index contributed by atoms with van der Waals surface area (Å²) in [5.74, 6) is 0.113. The molecule has 0 aromatic heterocycles. The standard InChI is InChI=1S/C26H30N4O5/c1-32-22-12-20(9-8-19(22)13-30-11-5-10-26(30)16-33-17-26)34-21-14-29(15-21)25(31)24(28)35-23(27)18-6-3-2-4-7-18/h2-4,6-9,12,21,27-28H,5,10-11,13-17H2,1H3. The zero-order valence-electron chi connectivity index (χ0n) is 19.8. The monoisotopic (exact) mass is 478 g/mol. The second-order valence-corrected chi connectivity index (χ2v) is 9.29. The lowest BCUT2D eigenvalue weighted by Gasteiger charge is -2.45. The number of carbonyl (C=O) groups is 1. The lowest BCUT2D eigenvalue weighted by molar-refractivity contribution is -0.133. The van der Waals surface area contributed by atoms with Gasteiger partial charge in [-0.2, -0.15) is 0 Å². The molecule has 9 heteroatoms. The highest BCUT2D eigenvalue weighted by molar-refractivity contribution is 6.36. The molecule has 184 valence electrons. The van der Waals surface area contributed by atoms with E-state index >= 15 is 0 Å². The number of nitrogens with one attached hydrogen (secondary N) is 2. The van der Waals surface area contributed by atoms with E-state index in [9.17, 15) is 4.79 Å². The summed E-state index contributed by atoms with van der Waals surface area (Å²) < 4.78 is 22.3. The van der Waals surface area contributed by atoms with Crippen LogP contribution in [0.1, 0.15) is 24.0 Å². The third kappa shape index (κ3) is 4.74. The molecule has 0 saturated carbocycles. The van der Waals surface area contributed by atoms with Gasteiger partial charge in [0.2, 0.25) is 5.90 Å². The highest BCUT2D eigenvalue weighted by Crippen LogP contribution is 2.38. The predicted octanol–water partition coefficient (Wildman–Crippen LogP) is 2.67. The zero-order valence-corrected chi connectivity index (χ0v) is 19.8. The molecule has 3 aliphatic rings. The van der Waals surface area contributed by atoms with Crippen LogP contribution in [0.2, 0.25) is 0 Å². The van der Waals surface area contributed by atoms with Gasteiger partial charge >= 0.3 is 5.91 Å². The summed E-state index contributed by atoms with van der Waals surface area (Å²) in [6, 6.07) is 14.6. The van der Waals surface area contributed by atoms with Crippen LogP contribution in [0.25, 0.3) is 0 Å². The van der Waals surface area contributed by atoms with Crippen LogP contribution < -0.4 is 9.47 Å². The van der Waals surface area contributed by atoms with E-state index in [1.54, 1.807) is 31.4 Å². The molecule has 35 heavy (non-hydrogen) atoms. The zero-order chi connectivity index (χ0) is 24.4. The minimum atomic E-state index is -0.570. The lowest BCUT2D eigenvalue weighted by Crippen LogP contribution is -2.58. The van der Waals surface area contributed by atoms with Crippen LogP contribution in [-0.2, 0) is 20.8 Å². The Morgan fingerprint density at radius 1 is 1.14 bits per heavy atom. The van der Waals surface area contributed by atoms with Crippen LogP contribution in [-0.4, -0.2) is 79.1 Å². The number of hydrogen-bond acceptors (Lipinski definition) is 8. The van der Waals surface area contributed by atoms with Gasteiger partial charge in [-0.1, -0.05) is 24.3 Å². The minimum absolute atomic E-state index is 0.176. The van der Waals surface area contributed by atoms with E-state index in [2.05, 4.69) is 4.90 Å². The third-order valence-corrected chi connectivity index (χ3v) is 6.97. The summed E-state index contributed by atoms with van der Waals surface area (Å²) in [6.07, 6.45) is 2.20. The number of hydrogen-bond donors (Lipinski definition) is 2. The smallest absolute Gasteiger partial charge is 0.309 e. The molecule has 3 aliphatic heterocycles. The van der Waals surface area contributed by atoms with Crippen LogP contribution in [0, 0.1) is 10.8 Å². The molecule has 1 spiro atoms. The van der Waals surface area contributed by atoms with E-state index in [1.165, 1.54) is 17.7 Å². The number of benzene rings is 2. The highest BCUT2D eigenvalue weighted by atomic mass is 16.5. The van der Waals surface area contributed by atoms with Gasteiger partial charge in [-0.25, -0.2) is 0 Å². The predicted molar refractivity (Wildman–Crippen MR) is 129 cm³/mol. The van der Waals surface area contributed by atoms with E-state index in [-0.39, 0.29) is 17.5 Å². The van der Waals surface area contributed by atoms with Crippen molar-refractivity contribution in [2.24, 2.45) is 0 Å². The number of nitrogens with zero attached hydrogens (tertiary/aromatic N) is 2. The second kappa shape index (κ2) is 9.67. The Kier molecular flexibility index (Phi) is 6.44. The average Bonchev–Trinajstić information content (AvgIpc) is 3.26. The van der Waals surface area contributed by atoms with Crippen LogP contribution in [0.4, 0.5) is 0 Å². The van der Waals surface area contributed by atoms with Crippen LogP contribution in [0.3, 0.4) is 0 Å². The summed E-state index contributed by atoms with van der Waals surface area (Å²) in [5, 5.41) is 15.9. The van der Waals surface area contributed by atoms with Gasteiger partial charge in [-0.05, 0) is 37.6 Å². The molecule has 2 N–H and O–H groups in total. The fourth-order valence-corrected chi connectivity index (χ4v) is 4.85. The minimum Gasteiger partial charge on any atom is -0.496 e. The SMILES string of the molecule is COc1cc(OC2CN(C(=O)C(=N)OC(=N)c3ccccc3)C2)ccc1CN1CCCC12COC2. The maximum atomic E-state index is 12.5. The van der Waals surface area contributed by atoms with Gasteiger partial charge in [-0.15, -0.1) is 0 Å². The summed E-state index contributed by atoms with van der Waals surface area (Å²) >= 11 is 0. The van der Waals surface area contributed by atoms with E-state index in [1.807, 2.05) is 24.3 Å². The van der Waals surface area contributed by atoms with E-state index in [4.69, 9.17) is 29.8 Å². The maximum absolute atomic E-state index is 12.5. The van der Waals surface area contributed by atoms with E-state index in [0.29, 0.717) is 24.4 Å². The normalized spacial score (nSPS) is 19.1. The molecule has 2 aromatic rings. The molecule has 0 atom stereocenters. The van der Waals surface area contributed by atoms with Crippen LogP contribution in [0.15, 0.2) is 48.5 Å². The van der Waals surface area contributed by atoms with Gasteiger partial charge in [-0.3, -0.25) is 20.5 Å². The number of carbonyl (C=O) groups excluding carboxylic acids is 1. The molecule has 9 nitrogen and oxygen atoms in total. The molecule has 0 aliphatic carbocycles. The Morgan fingerprint density at radius 3 is 2.60 bits per heavy atom. The number of amides is 1. The molecule has 3 saturated heterocycles. The van der Waals surface area contributed by atoms with Crippen molar-refractivity contribution in [2.45, 2.75) is 31.0 Å². The van der Waals surface area contributed by atoms with Crippen LogP contribution >= 0.6 is 0 Å². The fraction of sp³-hybridized carbons (Fsp3) is 0.423. The summed E-state index contributed by atoms with van der Waals surface area (Å²) in [4.78, 5) is 16.4. The largest absolute Gasteiger partial charge is 0.496 e. The number of likely N-dealkylation sites (tertiary alicyclic amines) is 2. The van der Waals surface area contributed by atoms with Crippen molar-refractivity contribution in [1.82, 2.24) is 9.80 Å². The van der Waals surface area contributed by atoms with Crippen molar-refractivity contribution >= 4 is 17.7 Å². The summed E-state index contributed by atoms with van der Waals surface area (Å²) in [6.45, 7) is 4.21. The topological polar surface area (TPSA) is 108 Å². The molecule has 3 heterocycles. The van der Waals surface area contributed by atoms with Gasteiger partial charge in [0.1, 0.15) is 17.6 Å².